The first kappa shape index (κ1) is 19.3. The molecule has 2 rings (SSSR count). The van der Waals surface area contributed by atoms with Crippen molar-refractivity contribution in [2.45, 2.75) is 0 Å². The number of hydrogen-bond donors (Lipinski definition) is 1. The fourth-order valence-corrected chi connectivity index (χ4v) is 3.08. The number of halogens is 2. The Bertz CT molecular complexity index is 809. The van der Waals surface area contributed by atoms with E-state index in [9.17, 15) is 4.79 Å². The van der Waals surface area contributed by atoms with E-state index in [1.54, 1.807) is 51.7 Å². The lowest BCUT2D eigenvalue weighted by Crippen LogP contribution is -2.17. The number of hydrazone groups is 1. The van der Waals surface area contributed by atoms with E-state index in [-0.39, 0.29) is 5.91 Å². The molecule has 8 heteroatoms. The normalized spacial score (nSPS) is 10.6. The maximum absolute atomic E-state index is 12.2. The molecule has 0 unspecified atom stereocenters. The van der Waals surface area contributed by atoms with Gasteiger partial charge >= 0.3 is 0 Å². The lowest BCUT2D eigenvalue weighted by atomic mass is 10.2. The highest BCUT2D eigenvalue weighted by Gasteiger charge is 2.10. The van der Waals surface area contributed by atoms with Crippen LogP contribution in [0.2, 0.25) is 0 Å². The van der Waals surface area contributed by atoms with Crippen LogP contribution < -0.4 is 19.6 Å². The number of nitrogens with zero attached hydrogens (tertiary/aromatic N) is 1. The van der Waals surface area contributed by atoms with E-state index < -0.39 is 0 Å². The van der Waals surface area contributed by atoms with Gasteiger partial charge in [-0.1, -0.05) is 0 Å². The molecular weight excluding hydrogens is 456 g/mol. The summed E-state index contributed by atoms with van der Waals surface area (Å²) in [5, 5.41) is 3.98. The summed E-state index contributed by atoms with van der Waals surface area (Å²) in [6.07, 6.45) is 1.50. The first-order valence-electron chi connectivity index (χ1n) is 7.08. The van der Waals surface area contributed by atoms with Crippen molar-refractivity contribution in [2.24, 2.45) is 5.10 Å². The molecule has 0 aromatic heterocycles. The Morgan fingerprint density at radius 2 is 1.60 bits per heavy atom. The molecule has 0 radical (unpaired) electrons. The number of nitrogens with one attached hydrogen (secondary N) is 1. The lowest BCUT2D eigenvalue weighted by molar-refractivity contribution is 0.0955. The maximum atomic E-state index is 12.2. The number of carbonyl (C=O) groups is 1. The van der Waals surface area contributed by atoms with Gasteiger partial charge in [0.05, 0.1) is 36.5 Å². The second-order valence-electron chi connectivity index (χ2n) is 4.78. The van der Waals surface area contributed by atoms with Gasteiger partial charge in [0.15, 0.2) is 0 Å². The van der Waals surface area contributed by atoms with Crippen molar-refractivity contribution < 1.29 is 19.0 Å². The second-order valence-corrected chi connectivity index (χ2v) is 6.49. The highest BCUT2D eigenvalue weighted by molar-refractivity contribution is 9.10. The molecule has 2 aromatic carbocycles. The minimum absolute atomic E-state index is 0.342. The maximum Gasteiger partial charge on any atom is 0.271 e. The van der Waals surface area contributed by atoms with Crippen molar-refractivity contribution in [3.8, 4) is 17.2 Å². The van der Waals surface area contributed by atoms with E-state index >= 15 is 0 Å². The molecule has 1 amide bonds. The van der Waals surface area contributed by atoms with E-state index in [4.69, 9.17) is 14.2 Å². The van der Waals surface area contributed by atoms with Crippen LogP contribution in [0.3, 0.4) is 0 Å². The molecular formula is C17H16Br2N2O4. The van der Waals surface area contributed by atoms with Crippen LogP contribution in [0.25, 0.3) is 0 Å². The van der Waals surface area contributed by atoms with Crippen molar-refractivity contribution in [1.82, 2.24) is 5.43 Å². The third-order valence-corrected chi connectivity index (χ3v) is 4.53. The monoisotopic (exact) mass is 470 g/mol. The Labute approximate surface area is 162 Å². The fraction of sp³-hybridized carbons (Fsp3) is 0.176. The number of ether oxygens (including phenoxy) is 3. The summed E-state index contributed by atoms with van der Waals surface area (Å²) in [5.41, 5.74) is 3.62. The standard InChI is InChI=1S/C17H16Br2N2O4/c1-23-14-5-4-10(6-12(14)18)17(22)21-20-9-11-7-13(19)16(25-3)8-15(11)24-2/h4-9H,1-3H3,(H,21,22)/b20-9+. The zero-order valence-electron chi connectivity index (χ0n) is 13.8. The quantitative estimate of drug-likeness (QED) is 0.510. The molecule has 25 heavy (non-hydrogen) atoms. The van der Waals surface area contributed by atoms with Crippen LogP contribution in [0.15, 0.2) is 44.4 Å². The van der Waals surface area contributed by atoms with Gasteiger partial charge in [-0.25, -0.2) is 5.43 Å². The average Bonchev–Trinajstić information content (AvgIpc) is 2.61. The Morgan fingerprint density at radius 3 is 2.20 bits per heavy atom. The van der Waals surface area contributed by atoms with E-state index in [1.807, 2.05) is 0 Å². The van der Waals surface area contributed by atoms with E-state index in [0.29, 0.717) is 32.8 Å². The summed E-state index contributed by atoms with van der Waals surface area (Å²) in [6.45, 7) is 0. The van der Waals surface area contributed by atoms with Crippen molar-refractivity contribution in [3.05, 3.63) is 50.4 Å². The van der Waals surface area contributed by atoms with E-state index in [0.717, 1.165) is 4.47 Å². The van der Waals surface area contributed by atoms with Crippen LogP contribution in [-0.2, 0) is 0 Å². The van der Waals surface area contributed by atoms with Gasteiger partial charge in [0, 0.05) is 17.2 Å². The van der Waals surface area contributed by atoms with Gasteiger partial charge in [-0.05, 0) is 56.1 Å². The second kappa shape index (κ2) is 8.87. The summed E-state index contributed by atoms with van der Waals surface area (Å²) < 4.78 is 17.1. The van der Waals surface area contributed by atoms with Gasteiger partial charge in [0.1, 0.15) is 17.2 Å². The van der Waals surface area contributed by atoms with Gasteiger partial charge in [-0.15, -0.1) is 0 Å². The third kappa shape index (κ3) is 4.73. The Kier molecular flexibility index (Phi) is 6.83. The Hall–Kier alpha value is -2.06. The van der Waals surface area contributed by atoms with Gasteiger partial charge in [-0.3, -0.25) is 4.79 Å². The molecule has 0 saturated heterocycles. The number of rotatable bonds is 6. The molecule has 0 heterocycles. The number of carbonyl (C=O) groups excluding carboxylic acids is 1. The largest absolute Gasteiger partial charge is 0.496 e. The summed E-state index contributed by atoms with van der Waals surface area (Å²) in [4.78, 5) is 12.2. The first-order chi connectivity index (χ1) is 12.0. The van der Waals surface area contributed by atoms with Crippen LogP contribution >= 0.6 is 31.9 Å². The van der Waals surface area contributed by atoms with E-state index in [1.165, 1.54) is 6.21 Å². The highest BCUT2D eigenvalue weighted by atomic mass is 79.9. The molecule has 0 bridgehead atoms. The molecule has 132 valence electrons. The zero-order chi connectivity index (χ0) is 18.4. The Balaban J connectivity index is 2.14. The molecule has 0 spiro atoms. The number of hydrogen-bond acceptors (Lipinski definition) is 5. The van der Waals surface area contributed by atoms with Crippen LogP contribution in [-0.4, -0.2) is 33.5 Å². The van der Waals surface area contributed by atoms with Gasteiger partial charge in [-0.2, -0.15) is 5.10 Å². The summed E-state index contributed by atoms with van der Waals surface area (Å²) in [5.74, 6) is 1.52. The molecule has 0 saturated carbocycles. The number of methoxy groups -OCH3 is 3. The molecule has 6 nitrogen and oxygen atoms in total. The van der Waals surface area contributed by atoms with Crippen LogP contribution in [0.1, 0.15) is 15.9 Å². The molecule has 0 atom stereocenters. The van der Waals surface area contributed by atoms with Gasteiger partial charge in [0.25, 0.3) is 5.91 Å². The van der Waals surface area contributed by atoms with Crippen molar-refractivity contribution in [3.63, 3.8) is 0 Å². The third-order valence-electron chi connectivity index (χ3n) is 3.29. The summed E-state index contributed by atoms with van der Waals surface area (Å²) >= 11 is 6.75. The Morgan fingerprint density at radius 1 is 0.960 bits per heavy atom. The minimum Gasteiger partial charge on any atom is -0.496 e. The van der Waals surface area contributed by atoms with Crippen LogP contribution in [0, 0.1) is 0 Å². The van der Waals surface area contributed by atoms with Gasteiger partial charge < -0.3 is 14.2 Å². The average molecular weight is 472 g/mol. The number of amides is 1. The molecule has 2 aromatic rings. The predicted molar refractivity (Wildman–Crippen MR) is 103 cm³/mol. The predicted octanol–water partition coefficient (Wildman–Crippen LogP) is 4.00. The topological polar surface area (TPSA) is 69.2 Å². The van der Waals surface area contributed by atoms with Crippen molar-refractivity contribution in [1.29, 1.82) is 0 Å². The molecule has 0 aliphatic heterocycles. The lowest BCUT2D eigenvalue weighted by Gasteiger charge is -2.09. The van der Waals surface area contributed by atoms with Crippen molar-refractivity contribution >= 4 is 44.0 Å². The molecule has 1 N–H and O–H groups in total. The van der Waals surface area contributed by atoms with Gasteiger partial charge in [0.2, 0.25) is 0 Å². The minimum atomic E-state index is -0.342. The van der Waals surface area contributed by atoms with Crippen LogP contribution in [0.5, 0.6) is 17.2 Å². The molecule has 0 aliphatic rings. The van der Waals surface area contributed by atoms with Crippen LogP contribution in [0.4, 0.5) is 0 Å². The smallest absolute Gasteiger partial charge is 0.271 e. The number of benzene rings is 2. The fourth-order valence-electron chi connectivity index (χ4n) is 2.02. The van der Waals surface area contributed by atoms with E-state index in [2.05, 4.69) is 42.4 Å². The molecule has 0 fully saturated rings. The molecule has 0 aliphatic carbocycles. The first-order valence-corrected chi connectivity index (χ1v) is 8.67. The summed E-state index contributed by atoms with van der Waals surface area (Å²) in [6, 6.07) is 8.53. The highest BCUT2D eigenvalue weighted by Crippen LogP contribution is 2.32. The SMILES string of the molecule is COc1ccc(C(=O)N/N=C/c2cc(Br)c(OC)cc2OC)cc1Br. The zero-order valence-corrected chi connectivity index (χ0v) is 17.0. The summed E-state index contributed by atoms with van der Waals surface area (Å²) in [7, 11) is 4.68. The van der Waals surface area contributed by atoms with Crippen molar-refractivity contribution in [2.75, 3.05) is 21.3 Å².